The third kappa shape index (κ3) is 5.13. The molecule has 17 heavy (non-hydrogen) atoms. The fraction of sp³-hybridized carbons (Fsp3) is 0.462. The first-order valence-corrected chi connectivity index (χ1v) is 6.19. The molecule has 2 N–H and O–H groups in total. The van der Waals surface area contributed by atoms with Crippen LogP contribution in [0.3, 0.4) is 0 Å². The van der Waals surface area contributed by atoms with Crippen LogP contribution in [0.15, 0.2) is 18.2 Å². The molecule has 0 aliphatic heterocycles. The molecule has 94 valence electrons. The molecule has 0 aliphatic carbocycles. The number of aryl methyl sites for hydroxylation is 1. The summed E-state index contributed by atoms with van der Waals surface area (Å²) in [6.07, 6.45) is 0.839. The summed E-state index contributed by atoms with van der Waals surface area (Å²) in [5.41, 5.74) is 2.13. The van der Waals surface area contributed by atoms with Crippen LogP contribution in [-0.4, -0.2) is 17.7 Å². The van der Waals surface area contributed by atoms with Gasteiger partial charge in [-0.05, 0) is 62.7 Å². The monoisotopic (exact) mass is 254 g/mol. The number of benzene rings is 1. The van der Waals surface area contributed by atoms with E-state index in [1.165, 1.54) is 6.07 Å². The smallest absolute Gasteiger partial charge is 0.166 e. The molecule has 1 aromatic rings. The average Bonchev–Trinajstić information content (AvgIpc) is 2.20. The van der Waals surface area contributed by atoms with Gasteiger partial charge in [-0.3, -0.25) is 0 Å². The molecule has 4 heteroatoms. The molecule has 0 heterocycles. The molecule has 0 saturated carbocycles. The normalized spacial score (nSPS) is 10.4. The highest BCUT2D eigenvalue weighted by Crippen LogP contribution is 2.10. The van der Waals surface area contributed by atoms with Crippen molar-refractivity contribution in [3.63, 3.8) is 0 Å². The molecule has 0 unspecified atom stereocenters. The number of thiocarbonyl (C=S) groups is 1. The van der Waals surface area contributed by atoms with Gasteiger partial charge in [-0.15, -0.1) is 0 Å². The highest BCUT2D eigenvalue weighted by Gasteiger charge is 2.01. The van der Waals surface area contributed by atoms with Crippen molar-refractivity contribution in [2.45, 2.75) is 33.2 Å². The topological polar surface area (TPSA) is 24.1 Å². The van der Waals surface area contributed by atoms with Crippen LogP contribution in [0.25, 0.3) is 0 Å². The van der Waals surface area contributed by atoms with Crippen LogP contribution in [-0.2, 0) is 6.42 Å². The van der Waals surface area contributed by atoms with Crippen molar-refractivity contribution in [3.05, 3.63) is 35.1 Å². The van der Waals surface area contributed by atoms with E-state index >= 15 is 0 Å². The second-order valence-corrected chi connectivity index (χ2v) is 4.78. The summed E-state index contributed by atoms with van der Waals surface area (Å²) >= 11 is 5.12. The van der Waals surface area contributed by atoms with Gasteiger partial charge in [-0.2, -0.15) is 0 Å². The molecule has 1 aromatic carbocycles. The largest absolute Gasteiger partial charge is 0.362 e. The number of rotatable bonds is 4. The van der Waals surface area contributed by atoms with Gasteiger partial charge >= 0.3 is 0 Å². The van der Waals surface area contributed by atoms with E-state index in [4.69, 9.17) is 12.2 Å². The Morgan fingerprint density at radius 3 is 2.71 bits per heavy atom. The number of halogens is 1. The van der Waals surface area contributed by atoms with Crippen molar-refractivity contribution in [1.82, 2.24) is 10.6 Å². The predicted octanol–water partition coefficient (Wildman–Crippen LogP) is 2.55. The van der Waals surface area contributed by atoms with Crippen LogP contribution in [0.1, 0.15) is 25.0 Å². The van der Waals surface area contributed by atoms with Gasteiger partial charge in [0.2, 0.25) is 0 Å². The second kappa shape index (κ2) is 6.55. The zero-order valence-corrected chi connectivity index (χ0v) is 11.3. The van der Waals surface area contributed by atoms with E-state index in [0.29, 0.717) is 11.2 Å². The molecule has 1 rings (SSSR count). The predicted molar refractivity (Wildman–Crippen MR) is 73.7 cm³/mol. The van der Waals surface area contributed by atoms with Crippen LogP contribution in [0.2, 0.25) is 0 Å². The molecular weight excluding hydrogens is 235 g/mol. The van der Waals surface area contributed by atoms with Crippen molar-refractivity contribution in [2.75, 3.05) is 6.54 Å². The highest BCUT2D eigenvalue weighted by molar-refractivity contribution is 7.80. The molecule has 0 atom stereocenters. The standard InChI is InChI=1S/C13H19FN2S/c1-9(2)16-13(17)15-7-6-11-4-5-12(14)8-10(11)3/h4-5,8-9H,6-7H2,1-3H3,(H2,15,16,17). The Morgan fingerprint density at radius 2 is 2.12 bits per heavy atom. The molecule has 0 bridgehead atoms. The van der Waals surface area contributed by atoms with E-state index in [-0.39, 0.29) is 5.82 Å². The lowest BCUT2D eigenvalue weighted by atomic mass is 10.1. The minimum absolute atomic E-state index is 0.184. The quantitative estimate of drug-likeness (QED) is 0.808. The first-order chi connectivity index (χ1) is 7.99. The number of nitrogens with one attached hydrogen (secondary N) is 2. The van der Waals surface area contributed by atoms with Gasteiger partial charge in [-0.25, -0.2) is 4.39 Å². The fourth-order valence-corrected chi connectivity index (χ4v) is 1.90. The first kappa shape index (κ1) is 13.9. The highest BCUT2D eigenvalue weighted by atomic mass is 32.1. The van der Waals surface area contributed by atoms with Gasteiger partial charge < -0.3 is 10.6 Å². The SMILES string of the molecule is Cc1cc(F)ccc1CCNC(=S)NC(C)C. The molecule has 0 fully saturated rings. The minimum Gasteiger partial charge on any atom is -0.362 e. The fourth-order valence-electron chi connectivity index (χ4n) is 1.56. The van der Waals surface area contributed by atoms with Gasteiger partial charge in [0.15, 0.2) is 5.11 Å². The van der Waals surface area contributed by atoms with E-state index in [2.05, 4.69) is 10.6 Å². The maximum absolute atomic E-state index is 12.9. The van der Waals surface area contributed by atoms with Crippen LogP contribution < -0.4 is 10.6 Å². The van der Waals surface area contributed by atoms with Gasteiger partial charge in [0.05, 0.1) is 0 Å². The molecule has 0 saturated heterocycles. The number of hydrogen-bond acceptors (Lipinski definition) is 1. The van der Waals surface area contributed by atoms with E-state index in [1.54, 1.807) is 6.07 Å². The lowest BCUT2D eigenvalue weighted by Crippen LogP contribution is -2.40. The summed E-state index contributed by atoms with van der Waals surface area (Å²) in [7, 11) is 0. The average molecular weight is 254 g/mol. The molecular formula is C13H19FN2S. The summed E-state index contributed by atoms with van der Waals surface area (Å²) in [4.78, 5) is 0. The third-order valence-corrected chi connectivity index (χ3v) is 2.67. The Morgan fingerprint density at radius 1 is 1.41 bits per heavy atom. The number of hydrogen-bond donors (Lipinski definition) is 2. The zero-order valence-electron chi connectivity index (χ0n) is 10.5. The van der Waals surface area contributed by atoms with Gasteiger partial charge in [-0.1, -0.05) is 6.07 Å². The third-order valence-electron chi connectivity index (χ3n) is 2.40. The summed E-state index contributed by atoms with van der Waals surface area (Å²) in [5.74, 6) is -0.184. The minimum atomic E-state index is -0.184. The molecule has 0 amide bonds. The maximum atomic E-state index is 12.9. The Labute approximate surface area is 108 Å². The Kier molecular flexibility index (Phi) is 5.35. The Hall–Kier alpha value is -1.16. The van der Waals surface area contributed by atoms with Crippen LogP contribution in [0.4, 0.5) is 4.39 Å². The summed E-state index contributed by atoms with van der Waals surface area (Å²) in [5, 5.41) is 6.91. The molecule has 0 spiro atoms. The van der Waals surface area contributed by atoms with Gasteiger partial charge in [0, 0.05) is 12.6 Å². The summed E-state index contributed by atoms with van der Waals surface area (Å²) in [6, 6.07) is 5.21. The van der Waals surface area contributed by atoms with E-state index in [1.807, 2.05) is 26.8 Å². The maximum Gasteiger partial charge on any atom is 0.166 e. The lowest BCUT2D eigenvalue weighted by molar-refractivity contribution is 0.625. The second-order valence-electron chi connectivity index (χ2n) is 4.38. The molecule has 0 aromatic heterocycles. The van der Waals surface area contributed by atoms with Crippen LogP contribution in [0.5, 0.6) is 0 Å². The summed E-state index contributed by atoms with van der Waals surface area (Å²) in [6.45, 7) is 6.75. The first-order valence-electron chi connectivity index (χ1n) is 5.78. The molecule has 0 aliphatic rings. The molecule has 0 radical (unpaired) electrons. The van der Waals surface area contributed by atoms with Crippen molar-refractivity contribution in [1.29, 1.82) is 0 Å². The van der Waals surface area contributed by atoms with E-state index < -0.39 is 0 Å². The summed E-state index contributed by atoms with van der Waals surface area (Å²) < 4.78 is 12.9. The van der Waals surface area contributed by atoms with Crippen molar-refractivity contribution >= 4 is 17.3 Å². The molecule has 2 nitrogen and oxygen atoms in total. The van der Waals surface area contributed by atoms with Gasteiger partial charge in [0.25, 0.3) is 0 Å². The van der Waals surface area contributed by atoms with Crippen LogP contribution >= 0.6 is 12.2 Å². The van der Waals surface area contributed by atoms with Crippen molar-refractivity contribution < 1.29 is 4.39 Å². The van der Waals surface area contributed by atoms with E-state index in [0.717, 1.165) is 24.1 Å². The van der Waals surface area contributed by atoms with Crippen molar-refractivity contribution in [2.24, 2.45) is 0 Å². The van der Waals surface area contributed by atoms with Crippen molar-refractivity contribution in [3.8, 4) is 0 Å². The van der Waals surface area contributed by atoms with E-state index in [9.17, 15) is 4.39 Å². The van der Waals surface area contributed by atoms with Gasteiger partial charge in [0.1, 0.15) is 5.82 Å². The zero-order chi connectivity index (χ0) is 12.8. The Balaban J connectivity index is 2.38. The van der Waals surface area contributed by atoms with Crippen LogP contribution in [0, 0.1) is 12.7 Å². The lowest BCUT2D eigenvalue weighted by Gasteiger charge is -2.13. The Bertz CT molecular complexity index is 391.